The van der Waals surface area contributed by atoms with E-state index in [0.717, 1.165) is 13.0 Å². The zero-order valence-corrected chi connectivity index (χ0v) is 11.0. The molecule has 0 aliphatic carbocycles. The van der Waals surface area contributed by atoms with E-state index in [1.165, 1.54) is 25.0 Å². The lowest BCUT2D eigenvalue weighted by atomic mass is 9.92. The van der Waals surface area contributed by atoms with Crippen LogP contribution >= 0.6 is 11.8 Å². The highest BCUT2D eigenvalue weighted by atomic mass is 32.2. The second kappa shape index (κ2) is 6.45. The predicted molar refractivity (Wildman–Crippen MR) is 70.2 cm³/mol. The Bertz CT molecular complexity index is 233. The van der Waals surface area contributed by atoms with E-state index >= 15 is 0 Å². The van der Waals surface area contributed by atoms with Gasteiger partial charge in [0.1, 0.15) is 0 Å². The monoisotopic (exact) mass is 225 g/mol. The first-order chi connectivity index (χ1) is 7.23. The smallest absolute Gasteiger partial charge is 0.0285 e. The van der Waals surface area contributed by atoms with Crippen molar-refractivity contribution in [1.29, 1.82) is 0 Å². The summed E-state index contributed by atoms with van der Waals surface area (Å²) in [6.45, 7) is 7.60. The van der Waals surface area contributed by atoms with Gasteiger partial charge < -0.3 is 5.32 Å². The quantitative estimate of drug-likeness (QED) is 0.722. The van der Waals surface area contributed by atoms with E-state index in [2.05, 4.69) is 42.8 Å². The summed E-state index contributed by atoms with van der Waals surface area (Å²) in [5.74, 6) is 7.49. The minimum absolute atomic E-state index is 0.450. The van der Waals surface area contributed by atoms with E-state index in [1.807, 2.05) is 6.92 Å². The molecule has 1 fully saturated rings. The fourth-order valence-electron chi connectivity index (χ4n) is 2.29. The Balaban J connectivity index is 2.50. The summed E-state index contributed by atoms with van der Waals surface area (Å²) < 4.78 is 0.450. The Hall–Kier alpha value is -0.130. The zero-order valence-electron chi connectivity index (χ0n) is 10.2. The molecule has 0 saturated carbocycles. The Kier molecular flexibility index (Phi) is 5.56. The Morgan fingerprint density at radius 2 is 2.33 bits per heavy atom. The van der Waals surface area contributed by atoms with Crippen LogP contribution in [0.5, 0.6) is 0 Å². The molecule has 86 valence electrons. The van der Waals surface area contributed by atoms with Gasteiger partial charge in [-0.05, 0) is 45.4 Å². The van der Waals surface area contributed by atoms with Gasteiger partial charge in [0.25, 0.3) is 0 Å². The molecule has 15 heavy (non-hydrogen) atoms. The predicted octanol–water partition coefficient (Wildman–Crippen LogP) is 3.05. The summed E-state index contributed by atoms with van der Waals surface area (Å²) in [5, 5.41) is 3.64. The third kappa shape index (κ3) is 3.74. The molecule has 1 aliphatic rings. The molecule has 0 bridgehead atoms. The molecule has 0 radical (unpaired) electrons. The lowest BCUT2D eigenvalue weighted by Gasteiger charge is -2.33. The number of nitrogens with one attached hydrogen (secondary N) is 1. The molecule has 0 amide bonds. The maximum atomic E-state index is 3.64. The molecular formula is C13H23NS. The van der Waals surface area contributed by atoms with Gasteiger partial charge in [-0.2, -0.15) is 11.8 Å². The van der Waals surface area contributed by atoms with Crippen molar-refractivity contribution in [3.05, 3.63) is 0 Å². The van der Waals surface area contributed by atoms with E-state index in [9.17, 15) is 0 Å². The van der Waals surface area contributed by atoms with Gasteiger partial charge in [0.05, 0.1) is 0 Å². The number of hydrogen-bond donors (Lipinski definition) is 1. The molecular weight excluding hydrogens is 202 g/mol. The Morgan fingerprint density at radius 1 is 1.53 bits per heavy atom. The van der Waals surface area contributed by atoms with Crippen LogP contribution in [0, 0.1) is 11.8 Å². The highest BCUT2D eigenvalue weighted by Gasteiger charge is 2.36. The van der Waals surface area contributed by atoms with Crippen LogP contribution in [-0.2, 0) is 0 Å². The van der Waals surface area contributed by atoms with Crippen molar-refractivity contribution in [2.24, 2.45) is 0 Å². The fourth-order valence-corrected chi connectivity index (χ4v) is 3.73. The lowest BCUT2D eigenvalue weighted by Crippen LogP contribution is -2.45. The van der Waals surface area contributed by atoms with Gasteiger partial charge >= 0.3 is 0 Å². The largest absolute Gasteiger partial charge is 0.313 e. The summed E-state index contributed by atoms with van der Waals surface area (Å²) >= 11 is 2.14. The van der Waals surface area contributed by atoms with E-state index in [4.69, 9.17) is 0 Å². The standard InChI is InChI=1S/C13H23NS/c1-4-6-7-9-12(14-5-2)13(3)10-8-11-15-13/h12,14H,5,7-11H2,1-3H3. The van der Waals surface area contributed by atoms with E-state index < -0.39 is 0 Å². The number of thioether (sulfide) groups is 1. The van der Waals surface area contributed by atoms with E-state index in [-0.39, 0.29) is 0 Å². The maximum absolute atomic E-state index is 3.64. The molecule has 1 nitrogen and oxygen atoms in total. The summed E-state index contributed by atoms with van der Waals surface area (Å²) in [6, 6.07) is 0.635. The summed E-state index contributed by atoms with van der Waals surface area (Å²) in [6.07, 6.45) is 4.96. The van der Waals surface area contributed by atoms with Crippen molar-refractivity contribution in [3.8, 4) is 11.8 Å². The molecule has 0 aromatic rings. The second-order valence-electron chi connectivity index (χ2n) is 4.34. The molecule has 0 spiro atoms. The molecule has 1 N–H and O–H groups in total. The molecule has 1 heterocycles. The number of rotatable bonds is 5. The minimum atomic E-state index is 0.450. The van der Waals surface area contributed by atoms with Crippen molar-refractivity contribution in [2.45, 2.75) is 57.2 Å². The normalized spacial score (nSPS) is 27.1. The molecule has 2 atom stereocenters. The van der Waals surface area contributed by atoms with Crippen molar-refractivity contribution < 1.29 is 0 Å². The average Bonchev–Trinajstić information content (AvgIpc) is 2.65. The summed E-state index contributed by atoms with van der Waals surface area (Å²) in [4.78, 5) is 0. The third-order valence-electron chi connectivity index (χ3n) is 3.17. The van der Waals surface area contributed by atoms with Crippen LogP contribution in [0.2, 0.25) is 0 Å². The summed E-state index contributed by atoms with van der Waals surface area (Å²) in [5.41, 5.74) is 0. The van der Waals surface area contributed by atoms with Gasteiger partial charge in [-0.25, -0.2) is 0 Å². The molecule has 1 saturated heterocycles. The van der Waals surface area contributed by atoms with Gasteiger partial charge in [0.2, 0.25) is 0 Å². The van der Waals surface area contributed by atoms with Gasteiger partial charge in [0, 0.05) is 17.2 Å². The molecule has 0 aromatic carbocycles. The van der Waals surface area contributed by atoms with Gasteiger partial charge in [-0.1, -0.05) is 6.92 Å². The first-order valence-corrected chi connectivity index (χ1v) is 6.98. The van der Waals surface area contributed by atoms with Gasteiger partial charge in [-0.3, -0.25) is 0 Å². The average molecular weight is 225 g/mol. The highest BCUT2D eigenvalue weighted by Crippen LogP contribution is 2.41. The van der Waals surface area contributed by atoms with Crippen LogP contribution in [-0.4, -0.2) is 23.1 Å². The number of hydrogen-bond acceptors (Lipinski definition) is 2. The van der Waals surface area contributed by atoms with Crippen molar-refractivity contribution in [3.63, 3.8) is 0 Å². The Labute approximate surface area is 98.8 Å². The van der Waals surface area contributed by atoms with E-state index in [0.29, 0.717) is 10.8 Å². The third-order valence-corrected chi connectivity index (χ3v) is 4.81. The Morgan fingerprint density at radius 3 is 2.87 bits per heavy atom. The van der Waals surface area contributed by atoms with Crippen LogP contribution in [0.25, 0.3) is 0 Å². The topological polar surface area (TPSA) is 12.0 Å². The second-order valence-corrected chi connectivity index (χ2v) is 5.97. The first kappa shape index (κ1) is 12.9. The molecule has 2 heteroatoms. The molecule has 1 aliphatic heterocycles. The van der Waals surface area contributed by atoms with Gasteiger partial charge in [0.15, 0.2) is 0 Å². The van der Waals surface area contributed by atoms with Crippen LogP contribution in [0.15, 0.2) is 0 Å². The van der Waals surface area contributed by atoms with Crippen molar-refractivity contribution in [2.75, 3.05) is 12.3 Å². The van der Waals surface area contributed by atoms with Crippen LogP contribution in [0.3, 0.4) is 0 Å². The molecule has 1 rings (SSSR count). The molecule has 2 unspecified atom stereocenters. The maximum Gasteiger partial charge on any atom is 0.0285 e. The van der Waals surface area contributed by atoms with Gasteiger partial charge in [-0.15, -0.1) is 11.8 Å². The highest BCUT2D eigenvalue weighted by molar-refractivity contribution is 8.00. The van der Waals surface area contributed by atoms with Crippen LogP contribution in [0.4, 0.5) is 0 Å². The lowest BCUT2D eigenvalue weighted by molar-refractivity contribution is 0.391. The van der Waals surface area contributed by atoms with E-state index in [1.54, 1.807) is 0 Å². The summed E-state index contributed by atoms with van der Waals surface area (Å²) in [7, 11) is 0. The molecule has 0 aromatic heterocycles. The van der Waals surface area contributed by atoms with Crippen molar-refractivity contribution >= 4 is 11.8 Å². The fraction of sp³-hybridized carbons (Fsp3) is 0.846. The first-order valence-electron chi connectivity index (χ1n) is 6.00. The van der Waals surface area contributed by atoms with Crippen LogP contribution in [0.1, 0.15) is 46.5 Å². The van der Waals surface area contributed by atoms with Crippen LogP contribution < -0.4 is 5.32 Å². The zero-order chi connectivity index (χ0) is 11.1. The SMILES string of the molecule is CC#CCCC(NCC)C1(C)CCCS1. The van der Waals surface area contributed by atoms with Crippen molar-refractivity contribution in [1.82, 2.24) is 5.32 Å². The minimum Gasteiger partial charge on any atom is -0.313 e.